The number of rotatable bonds is 5. The molecule has 0 aliphatic carbocycles. The van der Waals surface area contributed by atoms with Crippen LogP contribution < -0.4 is 5.32 Å². The molecular weight excluding hydrogens is 430 g/mol. The zero-order valence-corrected chi connectivity index (χ0v) is 16.2. The van der Waals surface area contributed by atoms with Gasteiger partial charge in [-0.05, 0) is 69.4 Å². The third kappa shape index (κ3) is 3.83. The number of thiophene rings is 2. The number of aryl methyl sites for hydroxylation is 1. The Morgan fingerprint density at radius 1 is 1.32 bits per heavy atom. The fourth-order valence-electron chi connectivity index (χ4n) is 1.83. The molecule has 1 atom stereocenters. The van der Waals surface area contributed by atoms with Gasteiger partial charge in [-0.25, -0.2) is 0 Å². The molecule has 104 valence electrons. The molecule has 1 unspecified atom stereocenters. The van der Waals surface area contributed by atoms with E-state index in [2.05, 4.69) is 63.2 Å². The van der Waals surface area contributed by atoms with Crippen molar-refractivity contribution < 1.29 is 0 Å². The molecule has 0 bridgehead atoms. The molecule has 0 aliphatic rings. The highest BCUT2D eigenvalue weighted by Gasteiger charge is 2.21. The van der Waals surface area contributed by atoms with Crippen LogP contribution in [0.5, 0.6) is 0 Å². The summed E-state index contributed by atoms with van der Waals surface area (Å²) in [5, 5.41) is 3.60. The Hall–Kier alpha value is 0.610. The van der Waals surface area contributed by atoms with Crippen LogP contribution in [0.2, 0.25) is 4.34 Å². The van der Waals surface area contributed by atoms with Crippen LogP contribution in [-0.4, -0.2) is 6.54 Å². The smallest absolute Gasteiger partial charge is 0.0961 e. The van der Waals surface area contributed by atoms with Gasteiger partial charge in [0.15, 0.2) is 0 Å². The van der Waals surface area contributed by atoms with Crippen molar-refractivity contribution in [2.45, 2.75) is 26.3 Å². The largest absolute Gasteiger partial charge is 0.306 e. The molecule has 0 aliphatic heterocycles. The first-order valence-electron chi connectivity index (χ1n) is 5.96. The minimum atomic E-state index is 0.202. The Morgan fingerprint density at radius 2 is 2.05 bits per heavy atom. The first kappa shape index (κ1) is 16.0. The maximum Gasteiger partial charge on any atom is 0.0961 e. The van der Waals surface area contributed by atoms with Crippen LogP contribution in [0.4, 0.5) is 0 Å². The molecule has 2 rings (SSSR count). The fourth-order valence-corrected chi connectivity index (χ4v) is 6.04. The Labute approximate surface area is 143 Å². The summed E-state index contributed by atoms with van der Waals surface area (Å²) in [6.45, 7) is 5.21. The molecular formula is C13H14Br2ClNS2. The number of halogens is 3. The molecule has 1 N–H and O–H groups in total. The molecule has 0 spiro atoms. The van der Waals surface area contributed by atoms with E-state index in [9.17, 15) is 0 Å². The van der Waals surface area contributed by atoms with E-state index in [-0.39, 0.29) is 6.04 Å². The monoisotopic (exact) mass is 441 g/mol. The van der Waals surface area contributed by atoms with Gasteiger partial charge in [-0.15, -0.1) is 22.7 Å². The summed E-state index contributed by atoms with van der Waals surface area (Å²) < 4.78 is 3.18. The van der Waals surface area contributed by atoms with E-state index in [1.165, 1.54) is 10.4 Å². The molecule has 19 heavy (non-hydrogen) atoms. The number of hydrogen-bond acceptors (Lipinski definition) is 3. The minimum Gasteiger partial charge on any atom is -0.306 e. The highest BCUT2D eigenvalue weighted by molar-refractivity contribution is 9.12. The predicted octanol–water partition coefficient (Wildman–Crippen LogP) is 6.39. The van der Waals surface area contributed by atoms with Crippen molar-refractivity contribution in [3.05, 3.63) is 40.0 Å². The SMILES string of the molecule is CCCNC(c1cc(C)c(Cl)s1)c1cc(Br)sc1Br. The lowest BCUT2D eigenvalue weighted by molar-refractivity contribution is 0.605. The third-order valence-corrected chi connectivity index (χ3v) is 6.76. The molecule has 0 radical (unpaired) electrons. The van der Waals surface area contributed by atoms with Crippen LogP contribution in [0.3, 0.4) is 0 Å². The lowest BCUT2D eigenvalue weighted by atomic mass is 10.1. The molecule has 0 amide bonds. The van der Waals surface area contributed by atoms with Crippen molar-refractivity contribution in [1.29, 1.82) is 0 Å². The van der Waals surface area contributed by atoms with Gasteiger partial charge in [0.2, 0.25) is 0 Å². The van der Waals surface area contributed by atoms with Gasteiger partial charge in [0, 0.05) is 10.4 Å². The molecule has 0 aromatic carbocycles. The van der Waals surface area contributed by atoms with Crippen molar-refractivity contribution >= 4 is 66.1 Å². The summed E-state index contributed by atoms with van der Waals surface area (Å²) in [5.74, 6) is 0. The van der Waals surface area contributed by atoms with Crippen molar-refractivity contribution in [3.8, 4) is 0 Å². The van der Waals surface area contributed by atoms with Crippen LogP contribution in [0.25, 0.3) is 0 Å². The van der Waals surface area contributed by atoms with Crippen LogP contribution in [0.1, 0.15) is 35.4 Å². The van der Waals surface area contributed by atoms with Gasteiger partial charge in [-0.3, -0.25) is 0 Å². The van der Waals surface area contributed by atoms with Crippen molar-refractivity contribution in [2.24, 2.45) is 0 Å². The van der Waals surface area contributed by atoms with E-state index in [1.807, 2.05) is 0 Å². The second-order valence-electron chi connectivity index (χ2n) is 4.27. The Balaban J connectivity index is 2.38. The zero-order chi connectivity index (χ0) is 14.0. The third-order valence-electron chi connectivity index (χ3n) is 2.75. The van der Waals surface area contributed by atoms with E-state index in [1.54, 1.807) is 22.7 Å². The topological polar surface area (TPSA) is 12.0 Å². The highest BCUT2D eigenvalue weighted by atomic mass is 79.9. The standard InChI is InChI=1S/C13H14Br2ClNS2/c1-3-4-17-11(8-6-10(14)19-12(8)15)9-5-7(2)13(16)18-9/h5-6,11,17H,3-4H2,1-2H3. The Morgan fingerprint density at radius 3 is 2.53 bits per heavy atom. The second-order valence-corrected chi connectivity index (χ2v) is 9.71. The molecule has 0 fully saturated rings. The van der Waals surface area contributed by atoms with E-state index >= 15 is 0 Å². The summed E-state index contributed by atoms with van der Waals surface area (Å²) in [6, 6.07) is 4.55. The normalized spacial score (nSPS) is 12.9. The average molecular weight is 444 g/mol. The van der Waals surface area contributed by atoms with E-state index < -0.39 is 0 Å². The summed E-state index contributed by atoms with van der Waals surface area (Å²) in [6.07, 6.45) is 1.11. The van der Waals surface area contributed by atoms with Gasteiger partial charge in [0.1, 0.15) is 0 Å². The molecule has 1 nitrogen and oxygen atoms in total. The van der Waals surface area contributed by atoms with Gasteiger partial charge < -0.3 is 5.32 Å². The van der Waals surface area contributed by atoms with Crippen molar-refractivity contribution in [2.75, 3.05) is 6.54 Å². The first-order valence-corrected chi connectivity index (χ1v) is 9.56. The lowest BCUT2D eigenvalue weighted by Gasteiger charge is -2.16. The maximum absolute atomic E-state index is 6.21. The van der Waals surface area contributed by atoms with E-state index in [0.717, 1.165) is 30.4 Å². The summed E-state index contributed by atoms with van der Waals surface area (Å²) in [5.41, 5.74) is 2.42. The van der Waals surface area contributed by atoms with Crippen LogP contribution in [0.15, 0.2) is 19.7 Å². The first-order chi connectivity index (χ1) is 9.02. The Bertz CT molecular complexity index is 545. The average Bonchev–Trinajstić information content (AvgIpc) is 2.84. The van der Waals surface area contributed by atoms with Crippen molar-refractivity contribution in [1.82, 2.24) is 5.32 Å². The Kier molecular flexibility index (Phi) is 5.93. The van der Waals surface area contributed by atoms with E-state index in [4.69, 9.17) is 11.6 Å². The number of hydrogen-bond donors (Lipinski definition) is 1. The molecule has 2 aromatic rings. The van der Waals surface area contributed by atoms with Crippen LogP contribution in [0, 0.1) is 6.92 Å². The molecule has 2 heterocycles. The predicted molar refractivity (Wildman–Crippen MR) is 93.9 cm³/mol. The van der Waals surface area contributed by atoms with Crippen LogP contribution in [-0.2, 0) is 0 Å². The van der Waals surface area contributed by atoms with Gasteiger partial charge in [0.05, 0.1) is 18.0 Å². The van der Waals surface area contributed by atoms with Crippen molar-refractivity contribution in [3.63, 3.8) is 0 Å². The zero-order valence-electron chi connectivity index (χ0n) is 10.6. The molecule has 2 aromatic heterocycles. The van der Waals surface area contributed by atoms with Gasteiger partial charge in [0.25, 0.3) is 0 Å². The highest BCUT2D eigenvalue weighted by Crippen LogP contribution is 2.41. The summed E-state index contributed by atoms with van der Waals surface area (Å²) in [4.78, 5) is 1.27. The van der Waals surface area contributed by atoms with Gasteiger partial charge >= 0.3 is 0 Å². The lowest BCUT2D eigenvalue weighted by Crippen LogP contribution is -2.22. The summed E-state index contributed by atoms with van der Waals surface area (Å²) in [7, 11) is 0. The quantitative estimate of drug-likeness (QED) is 0.565. The number of nitrogens with one attached hydrogen (secondary N) is 1. The summed E-state index contributed by atoms with van der Waals surface area (Å²) >= 11 is 16.8. The van der Waals surface area contributed by atoms with E-state index in [0.29, 0.717) is 0 Å². The maximum atomic E-state index is 6.21. The van der Waals surface area contributed by atoms with Gasteiger partial charge in [-0.2, -0.15) is 0 Å². The fraction of sp³-hybridized carbons (Fsp3) is 0.385. The second kappa shape index (κ2) is 7.05. The minimum absolute atomic E-state index is 0.202. The van der Waals surface area contributed by atoms with Crippen LogP contribution >= 0.6 is 66.1 Å². The molecule has 0 saturated heterocycles. The van der Waals surface area contributed by atoms with Gasteiger partial charge in [-0.1, -0.05) is 18.5 Å². The molecule has 0 saturated carbocycles. The molecule has 6 heteroatoms.